The molecule has 0 spiro atoms. The van der Waals surface area contributed by atoms with Crippen molar-refractivity contribution in [1.29, 1.82) is 0 Å². The average Bonchev–Trinajstić information content (AvgIpc) is 3.75. The van der Waals surface area contributed by atoms with Gasteiger partial charge in [0.2, 0.25) is 0 Å². The molecule has 2 atom stereocenters. The molecule has 9 heteroatoms. The number of hydrogen-bond acceptors (Lipinski definition) is 8. The highest BCUT2D eigenvalue weighted by Crippen LogP contribution is 2.19. The minimum Gasteiger partial charge on any atom is -0.545 e. The zero-order valence-corrected chi connectivity index (χ0v) is 61.2. The molecule has 0 bridgehead atoms. The molecule has 0 saturated heterocycles. The minimum absolute atomic E-state index is 0.148. The van der Waals surface area contributed by atoms with E-state index in [4.69, 9.17) is 18.9 Å². The molecule has 0 radical (unpaired) electrons. The highest BCUT2D eigenvalue weighted by atomic mass is 16.7. The quantitative estimate of drug-likeness (QED) is 0.0195. The lowest BCUT2D eigenvalue weighted by atomic mass is 10.0. The molecule has 0 aromatic heterocycles. The van der Waals surface area contributed by atoms with Crippen LogP contribution in [0.4, 0.5) is 0 Å². The first-order valence-electron chi connectivity index (χ1n) is 39.2. The van der Waals surface area contributed by atoms with E-state index in [9.17, 15) is 19.5 Å². The van der Waals surface area contributed by atoms with Gasteiger partial charge in [0.25, 0.3) is 0 Å². The third-order valence-corrected chi connectivity index (χ3v) is 17.4. The molecule has 0 N–H and O–H groups in total. The number of carbonyl (C=O) groups excluding carboxylic acids is 3. The molecule has 92 heavy (non-hydrogen) atoms. The maximum absolute atomic E-state index is 13.0. The highest BCUT2D eigenvalue weighted by Gasteiger charge is 2.22. The lowest BCUT2D eigenvalue weighted by Gasteiger charge is -2.26. The van der Waals surface area contributed by atoms with Crippen LogP contribution in [0.2, 0.25) is 0 Å². The number of hydrogen-bond donors (Lipinski definition) is 0. The third-order valence-electron chi connectivity index (χ3n) is 17.4. The minimum atomic E-state index is -1.62. The SMILES string of the molecule is CC/C=C\C/C=C\C/C=C\C/C=C\C/C=C\C/C=C\C/C=C\CCCCCCCCCCCCCCCCCC(=O)OC(COC(=O)CCCCCCCCCCCCCCCCCCCCCCCCCCCCCCCC)COC(OCC[N+](C)(C)C)C(=O)[O-]. The van der Waals surface area contributed by atoms with Gasteiger partial charge in [0.15, 0.2) is 12.4 Å². The Morgan fingerprint density at radius 2 is 0.620 bits per heavy atom. The van der Waals surface area contributed by atoms with Crippen molar-refractivity contribution in [3.05, 3.63) is 85.1 Å². The fourth-order valence-electron chi connectivity index (χ4n) is 11.5. The van der Waals surface area contributed by atoms with Gasteiger partial charge in [-0.1, -0.05) is 369 Å². The average molecular weight is 1290 g/mol. The Kier molecular flexibility index (Phi) is 70.5. The molecule has 0 saturated carbocycles. The zero-order valence-electron chi connectivity index (χ0n) is 61.2. The number of aliphatic carboxylic acids is 1. The van der Waals surface area contributed by atoms with Crippen LogP contribution in [-0.2, 0) is 33.3 Å². The second kappa shape index (κ2) is 73.3. The van der Waals surface area contributed by atoms with Crippen molar-refractivity contribution < 1.29 is 42.9 Å². The first kappa shape index (κ1) is 88.5. The Morgan fingerprint density at radius 3 is 0.924 bits per heavy atom. The summed E-state index contributed by atoms with van der Waals surface area (Å²) in [5.41, 5.74) is 0. The van der Waals surface area contributed by atoms with E-state index >= 15 is 0 Å². The zero-order chi connectivity index (χ0) is 66.8. The van der Waals surface area contributed by atoms with E-state index < -0.39 is 24.3 Å². The first-order valence-corrected chi connectivity index (χ1v) is 39.2. The van der Waals surface area contributed by atoms with Crippen molar-refractivity contribution >= 4 is 17.9 Å². The van der Waals surface area contributed by atoms with Crippen LogP contribution < -0.4 is 5.11 Å². The van der Waals surface area contributed by atoms with Gasteiger partial charge in [-0.2, -0.15) is 0 Å². The van der Waals surface area contributed by atoms with Crippen molar-refractivity contribution in [2.75, 3.05) is 47.5 Å². The van der Waals surface area contributed by atoms with Gasteiger partial charge >= 0.3 is 11.9 Å². The number of rotatable bonds is 73. The van der Waals surface area contributed by atoms with Crippen LogP contribution in [0, 0.1) is 0 Å². The number of quaternary nitrogens is 1. The third kappa shape index (κ3) is 73.9. The summed E-state index contributed by atoms with van der Waals surface area (Å²) < 4.78 is 22.9. The Morgan fingerprint density at radius 1 is 0.337 bits per heavy atom. The number of carbonyl (C=O) groups is 3. The summed E-state index contributed by atoms with van der Waals surface area (Å²) in [6.45, 7) is 4.69. The van der Waals surface area contributed by atoms with Gasteiger partial charge in [-0.25, -0.2) is 0 Å². The van der Waals surface area contributed by atoms with Gasteiger partial charge in [0, 0.05) is 12.8 Å². The van der Waals surface area contributed by atoms with Crippen LogP contribution in [-0.4, -0.2) is 82.3 Å². The molecular formula is C83H149NO8. The molecule has 0 fully saturated rings. The van der Waals surface area contributed by atoms with E-state index in [1.165, 1.54) is 250 Å². The largest absolute Gasteiger partial charge is 0.545 e. The maximum Gasteiger partial charge on any atom is 0.306 e. The Balaban J connectivity index is 4.03. The molecule has 0 rings (SSSR count). The van der Waals surface area contributed by atoms with Crippen molar-refractivity contribution in [3.8, 4) is 0 Å². The smallest absolute Gasteiger partial charge is 0.306 e. The number of unbranched alkanes of at least 4 members (excludes halogenated alkanes) is 44. The van der Waals surface area contributed by atoms with Crippen LogP contribution in [0.1, 0.15) is 367 Å². The number of allylic oxidation sites excluding steroid dienone is 14. The number of ether oxygens (including phenoxy) is 4. The van der Waals surface area contributed by atoms with E-state index in [0.717, 1.165) is 83.5 Å². The second-order valence-corrected chi connectivity index (χ2v) is 27.6. The van der Waals surface area contributed by atoms with Crippen molar-refractivity contribution in [2.45, 2.75) is 379 Å². The van der Waals surface area contributed by atoms with Crippen LogP contribution in [0.3, 0.4) is 0 Å². The molecule has 0 heterocycles. The molecule has 2 unspecified atom stereocenters. The van der Waals surface area contributed by atoms with E-state index in [1.807, 2.05) is 21.1 Å². The molecular weight excluding hydrogens is 1140 g/mol. The summed E-state index contributed by atoms with van der Waals surface area (Å²) in [6, 6.07) is 0. The topological polar surface area (TPSA) is 111 Å². The summed E-state index contributed by atoms with van der Waals surface area (Å²) in [5.74, 6) is -2.26. The molecule has 0 aromatic rings. The van der Waals surface area contributed by atoms with Crippen LogP contribution >= 0.6 is 0 Å². The molecule has 9 nitrogen and oxygen atoms in total. The number of esters is 2. The molecule has 0 amide bonds. The number of carboxylic acids is 1. The lowest BCUT2D eigenvalue weighted by Crippen LogP contribution is -2.44. The lowest BCUT2D eigenvalue weighted by molar-refractivity contribution is -0.870. The van der Waals surface area contributed by atoms with Gasteiger partial charge < -0.3 is 33.3 Å². The predicted molar refractivity (Wildman–Crippen MR) is 394 cm³/mol. The molecule has 0 aliphatic heterocycles. The standard InChI is InChI=1S/C83H149NO8/c1-6-8-10-12-14-16-18-20-22-24-26-28-30-32-34-36-38-39-40-41-42-43-44-46-48-50-52-54-56-58-60-62-64-66-68-70-72-74-81(86)92-79(78-91-83(82(87)88)89-76-75-84(3,4)5)77-90-80(85)73-71-69-67-65-63-61-59-57-55-53-51-49-47-45-37-35-33-31-29-27-25-23-21-19-17-15-13-11-9-7-2/h8,10,14,16,20,22,26,28,32,34,38-39,41-42,79,83H,6-7,9,11-13,15,17-19,21,23-25,27,29-31,33,35-37,40,43-78H2,1-5H3/b10-8-,16-14-,22-20-,28-26-,34-32-,39-38-,42-41-. The first-order chi connectivity index (χ1) is 45.1. The van der Waals surface area contributed by atoms with Gasteiger partial charge in [-0.15, -0.1) is 0 Å². The summed E-state index contributed by atoms with van der Waals surface area (Å²) >= 11 is 0. The second-order valence-electron chi connectivity index (χ2n) is 27.6. The van der Waals surface area contributed by atoms with E-state index in [-0.39, 0.29) is 32.2 Å². The number of carboxylic acid groups (broad SMARTS) is 1. The summed E-state index contributed by atoms with van der Waals surface area (Å²) in [7, 11) is 5.94. The van der Waals surface area contributed by atoms with Crippen molar-refractivity contribution in [3.63, 3.8) is 0 Å². The van der Waals surface area contributed by atoms with Gasteiger partial charge in [0.05, 0.1) is 40.3 Å². The molecule has 0 aliphatic rings. The molecule has 0 aromatic carbocycles. The fourth-order valence-corrected chi connectivity index (χ4v) is 11.5. The normalized spacial score (nSPS) is 13.1. The van der Waals surface area contributed by atoms with E-state index in [1.54, 1.807) is 0 Å². The summed E-state index contributed by atoms with van der Waals surface area (Å²) in [6.07, 6.45) is 97.0. The number of nitrogens with zero attached hydrogens (tertiary/aromatic N) is 1. The van der Waals surface area contributed by atoms with E-state index in [0.29, 0.717) is 23.9 Å². The van der Waals surface area contributed by atoms with E-state index in [2.05, 4.69) is 98.9 Å². The van der Waals surface area contributed by atoms with Gasteiger partial charge in [-0.05, 0) is 70.6 Å². The number of likely N-dealkylation sites (N-methyl/N-ethyl adjacent to an activating group) is 1. The Hall–Kier alpha value is -3.53. The van der Waals surface area contributed by atoms with Crippen LogP contribution in [0.15, 0.2) is 85.1 Å². The van der Waals surface area contributed by atoms with Crippen LogP contribution in [0.5, 0.6) is 0 Å². The maximum atomic E-state index is 13.0. The van der Waals surface area contributed by atoms with Crippen molar-refractivity contribution in [1.82, 2.24) is 0 Å². The fraction of sp³-hybridized carbons (Fsp3) is 0.795. The monoisotopic (exact) mass is 1290 g/mol. The predicted octanol–water partition coefficient (Wildman–Crippen LogP) is 23.6. The van der Waals surface area contributed by atoms with Gasteiger partial charge in [-0.3, -0.25) is 9.59 Å². The Bertz CT molecular complexity index is 1790. The summed E-state index contributed by atoms with van der Waals surface area (Å²) in [4.78, 5) is 37.6. The van der Waals surface area contributed by atoms with Crippen molar-refractivity contribution in [2.24, 2.45) is 0 Å². The highest BCUT2D eigenvalue weighted by molar-refractivity contribution is 5.70. The van der Waals surface area contributed by atoms with Crippen LogP contribution in [0.25, 0.3) is 0 Å². The van der Waals surface area contributed by atoms with Gasteiger partial charge in [0.1, 0.15) is 13.2 Å². The Labute approximate surface area is 570 Å². The molecule has 534 valence electrons. The summed E-state index contributed by atoms with van der Waals surface area (Å²) in [5, 5.41) is 11.9. The molecule has 0 aliphatic carbocycles.